The van der Waals surface area contributed by atoms with E-state index in [1.165, 1.54) is 11.8 Å². The monoisotopic (exact) mass is 423 g/mol. The van der Waals surface area contributed by atoms with Gasteiger partial charge < -0.3 is 4.74 Å². The molecule has 0 spiro atoms. The summed E-state index contributed by atoms with van der Waals surface area (Å²) in [7, 11) is 1.60. The molecule has 154 valence electrons. The molecule has 1 amide bonds. The highest BCUT2D eigenvalue weighted by molar-refractivity contribution is 7.99. The number of carbonyl (C=O) groups is 1. The molecule has 30 heavy (non-hydrogen) atoms. The number of fused-ring (bicyclic) bond motifs is 3. The van der Waals surface area contributed by atoms with Crippen molar-refractivity contribution >= 4 is 23.4 Å². The minimum absolute atomic E-state index is 0.0554. The van der Waals surface area contributed by atoms with Gasteiger partial charge in [-0.1, -0.05) is 43.8 Å². The molecule has 0 fully saturated rings. The molecule has 0 unspecified atom stereocenters. The van der Waals surface area contributed by atoms with Gasteiger partial charge in [-0.05, 0) is 40.8 Å². The van der Waals surface area contributed by atoms with Crippen LogP contribution in [0.3, 0.4) is 0 Å². The molecule has 1 aromatic heterocycles. The molecule has 2 heterocycles. The molecule has 4 rings (SSSR count). The van der Waals surface area contributed by atoms with Crippen molar-refractivity contribution in [1.29, 1.82) is 0 Å². The normalized spacial score (nSPS) is 14.8. The summed E-state index contributed by atoms with van der Waals surface area (Å²) in [5.74, 6) is 1.38. The lowest BCUT2D eigenvalue weighted by molar-refractivity contribution is -0.763. The summed E-state index contributed by atoms with van der Waals surface area (Å²) < 4.78 is 7.07. The van der Waals surface area contributed by atoms with Gasteiger partial charge in [0.15, 0.2) is 0 Å². The molecule has 0 aliphatic carbocycles. The lowest BCUT2D eigenvalue weighted by atomic mass is 10.0. The number of methoxy groups -OCH3 is 1. The van der Waals surface area contributed by atoms with Crippen LogP contribution in [-0.4, -0.2) is 28.9 Å². The van der Waals surface area contributed by atoms with Crippen LogP contribution in [0, 0.1) is 0 Å². The highest BCUT2D eigenvalue weighted by atomic mass is 32.2. The van der Waals surface area contributed by atoms with E-state index in [2.05, 4.69) is 4.98 Å². The van der Waals surface area contributed by atoms with Crippen LogP contribution < -0.4 is 19.9 Å². The van der Waals surface area contributed by atoms with Gasteiger partial charge in [0.2, 0.25) is 11.1 Å². The van der Waals surface area contributed by atoms with Crippen molar-refractivity contribution in [3.05, 3.63) is 64.4 Å². The maximum atomic E-state index is 13.1. The van der Waals surface area contributed by atoms with Gasteiger partial charge in [0.05, 0.1) is 18.4 Å². The summed E-state index contributed by atoms with van der Waals surface area (Å²) in [6.07, 6.45) is -0.277. The smallest absolute Gasteiger partial charge is 0.325 e. The summed E-state index contributed by atoms with van der Waals surface area (Å²) in [5.41, 5.74) is 2.38. The second-order valence-corrected chi connectivity index (χ2v) is 8.02. The summed E-state index contributed by atoms with van der Waals surface area (Å²) in [6, 6.07) is 15.0. The standard InChI is InChI=1S/C22H22N4O3S/c1-4-18(27)25-17-12-7-6-11-16(17)19-20(28)23-22(30-5-2)24-26(19)21(25)14-9-8-10-15(13-14)29-3/h6-13,21H,4-5H2,1-3H3/p+1/t21-/m1/s1. The predicted molar refractivity (Wildman–Crippen MR) is 116 cm³/mol. The number of rotatable bonds is 5. The van der Waals surface area contributed by atoms with Crippen LogP contribution in [0.1, 0.15) is 32.0 Å². The molecular formula is C22H23N4O3S+. The Morgan fingerprint density at radius 1 is 1.23 bits per heavy atom. The average Bonchev–Trinajstić information content (AvgIpc) is 2.77. The quantitative estimate of drug-likeness (QED) is 0.504. The molecule has 1 N–H and O–H groups in total. The molecule has 1 aliphatic heterocycles. The number of nitrogens with zero attached hydrogens (tertiary/aromatic N) is 3. The van der Waals surface area contributed by atoms with Gasteiger partial charge in [0.25, 0.3) is 6.17 Å². The Morgan fingerprint density at radius 2 is 2.03 bits per heavy atom. The molecule has 7 nitrogen and oxygen atoms in total. The Kier molecular flexibility index (Phi) is 5.59. The molecule has 2 aromatic carbocycles. The fourth-order valence-corrected chi connectivity index (χ4v) is 4.30. The Hall–Kier alpha value is -3.13. The molecule has 1 aliphatic rings. The lowest BCUT2D eigenvalue weighted by Gasteiger charge is -2.32. The first-order valence-corrected chi connectivity index (χ1v) is 10.8. The van der Waals surface area contributed by atoms with Crippen molar-refractivity contribution in [2.75, 3.05) is 17.8 Å². The average molecular weight is 424 g/mol. The Labute approximate surface area is 178 Å². The number of amides is 1. The van der Waals surface area contributed by atoms with Gasteiger partial charge in [0, 0.05) is 17.1 Å². The fraction of sp³-hybridized carbons (Fsp3) is 0.273. The molecule has 8 heteroatoms. The highest BCUT2D eigenvalue weighted by Gasteiger charge is 2.45. The lowest BCUT2D eigenvalue weighted by Crippen LogP contribution is -2.60. The Bertz CT molecular complexity index is 1160. The zero-order valence-electron chi connectivity index (χ0n) is 17.1. The van der Waals surface area contributed by atoms with E-state index in [0.717, 1.165) is 11.3 Å². The highest BCUT2D eigenvalue weighted by Crippen LogP contribution is 2.38. The molecular weight excluding hydrogens is 400 g/mol. The van der Waals surface area contributed by atoms with Gasteiger partial charge in [-0.25, -0.2) is 4.90 Å². The van der Waals surface area contributed by atoms with Gasteiger partial charge in [-0.2, -0.15) is 0 Å². The summed E-state index contributed by atoms with van der Waals surface area (Å²) in [5, 5.41) is 5.25. The molecule has 0 bridgehead atoms. The fourth-order valence-electron chi connectivity index (χ4n) is 3.72. The van der Waals surface area contributed by atoms with Crippen molar-refractivity contribution in [3.8, 4) is 17.0 Å². The second-order valence-electron chi connectivity index (χ2n) is 6.77. The minimum Gasteiger partial charge on any atom is -0.497 e. The molecule has 0 saturated carbocycles. The number of hydrogen-bond acceptors (Lipinski definition) is 5. The van der Waals surface area contributed by atoms with Crippen molar-refractivity contribution < 1.29 is 14.2 Å². The van der Waals surface area contributed by atoms with E-state index in [1.54, 1.807) is 16.7 Å². The number of ether oxygens (including phenoxy) is 1. The molecule has 0 radical (unpaired) electrons. The number of nitrogens with one attached hydrogen (secondary N) is 1. The van der Waals surface area contributed by atoms with Gasteiger partial charge in [0.1, 0.15) is 5.75 Å². The first-order chi connectivity index (χ1) is 14.6. The molecule has 1 atom stereocenters. The molecule has 0 saturated heterocycles. The van der Waals surface area contributed by atoms with Crippen molar-refractivity contribution in [2.45, 2.75) is 31.6 Å². The number of hydrogen-bond donors (Lipinski definition) is 1. The van der Waals surface area contributed by atoms with Gasteiger partial charge in [-0.3, -0.25) is 14.6 Å². The minimum atomic E-state index is -0.601. The predicted octanol–water partition coefficient (Wildman–Crippen LogP) is 3.15. The topological polar surface area (TPSA) is 79.2 Å². The van der Waals surface area contributed by atoms with Crippen LogP contribution in [0.15, 0.2) is 58.5 Å². The SMILES string of the molecule is CCSc1n[n+]2c(c(=O)[nH]1)-c1ccccc1N(C(=O)CC)[C@H]2c1cccc(OC)c1. The summed E-state index contributed by atoms with van der Waals surface area (Å²) in [6.45, 7) is 3.83. The van der Waals surface area contributed by atoms with E-state index in [0.29, 0.717) is 34.3 Å². The maximum Gasteiger partial charge on any atom is 0.325 e. The van der Waals surface area contributed by atoms with Crippen LogP contribution >= 0.6 is 11.8 Å². The van der Waals surface area contributed by atoms with Gasteiger partial charge in [-0.15, -0.1) is 0 Å². The zero-order chi connectivity index (χ0) is 21.3. The van der Waals surface area contributed by atoms with Crippen LogP contribution in [-0.2, 0) is 4.79 Å². The van der Waals surface area contributed by atoms with E-state index in [9.17, 15) is 9.59 Å². The Balaban J connectivity index is 2.06. The number of carbonyl (C=O) groups excluding carboxylic acids is 1. The Morgan fingerprint density at radius 3 is 2.77 bits per heavy atom. The number of anilines is 1. The first kappa shape index (κ1) is 20.2. The van der Waals surface area contributed by atoms with Crippen molar-refractivity contribution in [2.24, 2.45) is 0 Å². The largest absolute Gasteiger partial charge is 0.497 e. The van der Waals surface area contributed by atoms with E-state index >= 15 is 0 Å². The van der Waals surface area contributed by atoms with Crippen LogP contribution in [0.4, 0.5) is 5.69 Å². The van der Waals surface area contributed by atoms with Crippen molar-refractivity contribution in [3.63, 3.8) is 0 Å². The number of aromatic nitrogens is 3. The number of para-hydroxylation sites is 1. The van der Waals surface area contributed by atoms with E-state index in [4.69, 9.17) is 9.84 Å². The third-order valence-electron chi connectivity index (χ3n) is 5.00. The van der Waals surface area contributed by atoms with Crippen LogP contribution in [0.5, 0.6) is 5.75 Å². The number of aromatic amines is 1. The third kappa shape index (κ3) is 3.37. The van der Waals surface area contributed by atoms with Gasteiger partial charge >= 0.3 is 11.3 Å². The van der Waals surface area contributed by atoms with Crippen LogP contribution in [0.2, 0.25) is 0 Å². The first-order valence-electron chi connectivity index (χ1n) is 9.83. The van der Waals surface area contributed by atoms with E-state index in [1.807, 2.05) is 62.4 Å². The molecule has 3 aromatic rings. The van der Waals surface area contributed by atoms with Crippen molar-refractivity contribution in [1.82, 2.24) is 10.1 Å². The summed E-state index contributed by atoms with van der Waals surface area (Å²) >= 11 is 1.45. The van der Waals surface area contributed by atoms with Crippen LogP contribution in [0.25, 0.3) is 11.3 Å². The summed E-state index contributed by atoms with van der Waals surface area (Å²) in [4.78, 5) is 30.8. The number of benzene rings is 2. The number of H-pyrrole nitrogens is 1. The zero-order valence-corrected chi connectivity index (χ0v) is 17.9. The van der Waals surface area contributed by atoms with E-state index in [-0.39, 0.29) is 11.5 Å². The van der Waals surface area contributed by atoms with E-state index < -0.39 is 6.17 Å². The second kappa shape index (κ2) is 8.31. The number of thioether (sulfide) groups is 1. The third-order valence-corrected chi connectivity index (χ3v) is 5.75. The maximum absolute atomic E-state index is 13.1.